The predicted molar refractivity (Wildman–Crippen MR) is 186 cm³/mol. The zero-order valence-corrected chi connectivity index (χ0v) is 29.8. The average Bonchev–Trinajstić information content (AvgIpc) is 3.35. The lowest BCUT2D eigenvalue weighted by molar-refractivity contribution is -0.143. The molecule has 1 N–H and O–H groups in total. The molecule has 0 bridgehead atoms. The van der Waals surface area contributed by atoms with Crippen molar-refractivity contribution in [3.63, 3.8) is 0 Å². The molecule has 2 aliphatic rings. The van der Waals surface area contributed by atoms with E-state index >= 15 is 0 Å². The fourth-order valence-corrected chi connectivity index (χ4v) is 7.53. The smallest absolute Gasteiger partial charge is 0.416 e. The van der Waals surface area contributed by atoms with Crippen molar-refractivity contribution in [2.24, 2.45) is 0 Å². The number of halogens is 7. The molecule has 0 saturated carbocycles. The van der Waals surface area contributed by atoms with Crippen molar-refractivity contribution in [2.45, 2.75) is 81.7 Å². The van der Waals surface area contributed by atoms with Crippen LogP contribution in [0.2, 0.25) is 0 Å². The number of benzene rings is 3. The van der Waals surface area contributed by atoms with Crippen molar-refractivity contribution in [3.05, 3.63) is 88.5 Å². The van der Waals surface area contributed by atoms with Crippen molar-refractivity contribution in [1.29, 1.82) is 0 Å². The average molecular weight is 743 g/mol. The topological polar surface area (TPSA) is 60.0 Å². The molecule has 2 aliphatic heterocycles. The van der Waals surface area contributed by atoms with Crippen LogP contribution in [0.1, 0.15) is 79.7 Å². The second-order valence-electron chi connectivity index (χ2n) is 13.4. The zero-order chi connectivity index (χ0) is 36.2. The molecule has 13 heteroatoms. The quantitative estimate of drug-likeness (QED) is 0.132. The van der Waals surface area contributed by atoms with Crippen molar-refractivity contribution < 1.29 is 45.3 Å². The van der Waals surface area contributed by atoms with E-state index in [1.807, 2.05) is 42.5 Å². The number of carbonyl (C=O) groups is 1. The van der Waals surface area contributed by atoms with Crippen LogP contribution in [-0.4, -0.2) is 51.3 Å². The number of piperidine rings is 1. The summed E-state index contributed by atoms with van der Waals surface area (Å²) in [6.45, 7) is 4.19. The van der Waals surface area contributed by atoms with Crippen molar-refractivity contribution >= 4 is 24.0 Å². The van der Waals surface area contributed by atoms with Crippen LogP contribution in [0.4, 0.5) is 32.0 Å². The summed E-state index contributed by atoms with van der Waals surface area (Å²) < 4.78 is 97.3. The van der Waals surface area contributed by atoms with E-state index < -0.39 is 34.3 Å². The first-order valence-electron chi connectivity index (χ1n) is 17.0. The molecule has 6 nitrogen and oxygen atoms in total. The first kappa shape index (κ1) is 40.3. The van der Waals surface area contributed by atoms with E-state index in [-0.39, 0.29) is 43.2 Å². The van der Waals surface area contributed by atoms with Gasteiger partial charge in [0.2, 0.25) is 5.91 Å². The number of likely N-dealkylation sites (tertiary alicyclic amines) is 1. The number of methoxy groups -OCH3 is 2. The fourth-order valence-electron chi connectivity index (χ4n) is 7.53. The monoisotopic (exact) mass is 742 g/mol. The summed E-state index contributed by atoms with van der Waals surface area (Å²) in [5, 5.41) is 3.06. The summed E-state index contributed by atoms with van der Waals surface area (Å²) >= 11 is 0. The van der Waals surface area contributed by atoms with Crippen LogP contribution < -0.4 is 14.8 Å². The molecule has 2 heterocycles. The number of anilines is 1. The van der Waals surface area contributed by atoms with Gasteiger partial charge >= 0.3 is 12.4 Å². The van der Waals surface area contributed by atoms with Crippen LogP contribution in [0, 0.1) is 0 Å². The number of unbranched alkanes of at least 4 members (excludes halogenated alkanes) is 1. The Kier molecular flexibility index (Phi) is 13.0. The third kappa shape index (κ3) is 8.95. The Morgan fingerprint density at radius 3 is 2.00 bits per heavy atom. The highest BCUT2D eigenvalue weighted by atomic mass is 35.5. The number of amides is 1. The van der Waals surface area contributed by atoms with E-state index in [0.717, 1.165) is 67.8 Å². The lowest BCUT2D eigenvalue weighted by Gasteiger charge is -2.42. The molecule has 3 aromatic carbocycles. The summed E-state index contributed by atoms with van der Waals surface area (Å²) in [6.07, 6.45) is -4.45. The summed E-state index contributed by atoms with van der Waals surface area (Å²) in [7, 11) is 3.14. The van der Waals surface area contributed by atoms with Gasteiger partial charge in [-0.25, -0.2) is 0 Å². The molecule has 1 saturated heterocycles. The molecular formula is C38H45ClF6N2O4. The molecule has 51 heavy (non-hydrogen) atoms. The van der Waals surface area contributed by atoms with Crippen LogP contribution in [0.25, 0.3) is 0 Å². The number of nitrogens with zero attached hydrogens (tertiary/aromatic N) is 1. The highest BCUT2D eigenvalue weighted by molar-refractivity contribution is 6.06. The highest BCUT2D eigenvalue weighted by Crippen LogP contribution is 2.49. The van der Waals surface area contributed by atoms with Crippen LogP contribution in [0.15, 0.2) is 60.7 Å². The Morgan fingerprint density at radius 2 is 1.43 bits per heavy atom. The molecule has 0 aromatic heterocycles. The molecule has 1 fully saturated rings. The molecule has 0 aliphatic carbocycles. The minimum absolute atomic E-state index is 0. The number of carbonyl (C=O) groups excluding carboxylic acids is 1. The molecule has 3 aromatic rings. The maximum Gasteiger partial charge on any atom is 0.416 e. The molecule has 5 rings (SSSR count). The third-order valence-electron chi connectivity index (χ3n) is 10.2. The normalized spacial score (nSPS) is 18.9. The minimum Gasteiger partial charge on any atom is -0.493 e. The largest absolute Gasteiger partial charge is 0.493 e. The van der Waals surface area contributed by atoms with Gasteiger partial charge in [0.05, 0.1) is 44.0 Å². The lowest BCUT2D eigenvalue weighted by Crippen LogP contribution is -2.45. The minimum atomic E-state index is -4.92. The van der Waals surface area contributed by atoms with E-state index in [2.05, 4.69) is 17.1 Å². The summed E-state index contributed by atoms with van der Waals surface area (Å²) in [5.41, 5.74) is -1.25. The zero-order valence-electron chi connectivity index (χ0n) is 29.0. The second-order valence-corrected chi connectivity index (χ2v) is 13.4. The number of alkyl halides is 6. The van der Waals surface area contributed by atoms with Gasteiger partial charge in [-0.1, -0.05) is 50.1 Å². The first-order chi connectivity index (χ1) is 23.7. The Bertz CT molecular complexity index is 1590. The molecular weight excluding hydrogens is 698 g/mol. The fraction of sp³-hybridized carbons (Fsp3) is 0.500. The van der Waals surface area contributed by atoms with Crippen LogP contribution in [0.5, 0.6) is 11.5 Å². The maximum absolute atomic E-state index is 13.4. The Morgan fingerprint density at radius 1 is 0.824 bits per heavy atom. The van der Waals surface area contributed by atoms with E-state index in [9.17, 15) is 31.1 Å². The highest BCUT2D eigenvalue weighted by Gasteiger charge is 2.46. The van der Waals surface area contributed by atoms with E-state index in [0.29, 0.717) is 37.2 Å². The van der Waals surface area contributed by atoms with Crippen molar-refractivity contribution in [3.8, 4) is 11.5 Å². The molecule has 0 spiro atoms. The van der Waals surface area contributed by atoms with Gasteiger partial charge in [-0.15, -0.1) is 12.4 Å². The van der Waals surface area contributed by atoms with Gasteiger partial charge in [0.1, 0.15) is 0 Å². The van der Waals surface area contributed by atoms with E-state index in [1.54, 1.807) is 14.2 Å². The number of ether oxygens (including phenoxy) is 3. The van der Waals surface area contributed by atoms with Crippen LogP contribution in [-0.2, 0) is 39.3 Å². The second kappa shape index (κ2) is 16.5. The van der Waals surface area contributed by atoms with Gasteiger partial charge in [-0.2, -0.15) is 26.3 Å². The molecule has 1 amide bonds. The van der Waals surface area contributed by atoms with Gasteiger partial charge in [-0.05, 0) is 92.7 Å². The summed E-state index contributed by atoms with van der Waals surface area (Å²) in [6, 6.07) is 15.0. The number of hydrogen-bond donors (Lipinski definition) is 1. The van der Waals surface area contributed by atoms with Gasteiger partial charge in [-0.3, -0.25) is 4.79 Å². The number of hydrogen-bond acceptors (Lipinski definition) is 5. The SMILES string of the molecule is CCCC1(CCCCN2CCC(COCc3cc(C(F)(F)F)cc(C(F)(F)F)c3)(c3ccccc3)CC2)C(=O)Nc2cc(OC)c(OC)cc21.Cl. The number of fused-ring (bicyclic) bond motifs is 1. The van der Waals surface area contributed by atoms with Crippen molar-refractivity contribution in [1.82, 2.24) is 4.90 Å². The first-order valence-corrected chi connectivity index (χ1v) is 17.0. The molecule has 1 atom stereocenters. The van der Waals surface area contributed by atoms with Crippen LogP contribution >= 0.6 is 12.4 Å². The van der Waals surface area contributed by atoms with Gasteiger partial charge in [0.15, 0.2) is 11.5 Å². The van der Waals surface area contributed by atoms with Crippen molar-refractivity contribution in [2.75, 3.05) is 45.8 Å². The third-order valence-corrected chi connectivity index (χ3v) is 10.2. The lowest BCUT2D eigenvalue weighted by atomic mass is 9.73. The van der Waals surface area contributed by atoms with Crippen LogP contribution in [0.3, 0.4) is 0 Å². The molecule has 1 unspecified atom stereocenters. The molecule has 280 valence electrons. The number of nitrogens with one attached hydrogen (secondary N) is 1. The van der Waals surface area contributed by atoms with Gasteiger partial charge < -0.3 is 24.4 Å². The van der Waals surface area contributed by atoms with Gasteiger partial charge in [0.25, 0.3) is 0 Å². The molecule has 0 radical (unpaired) electrons. The van der Waals surface area contributed by atoms with E-state index in [4.69, 9.17) is 14.2 Å². The summed E-state index contributed by atoms with van der Waals surface area (Å²) in [4.78, 5) is 15.8. The standard InChI is InChI=1S/C38H44F6N2O4.ClH/c1-4-12-36(30-22-32(48-2)33(49-3)23-31(30)45-34(36)47)13-8-9-16-46-17-14-35(15-18-46,27-10-6-5-7-11-27)25-50-24-26-19-28(37(39,40)41)21-29(20-26)38(42,43)44;/h5-7,10-11,19-23H,4,8-9,12-18,24-25H2,1-3H3,(H,45,47);1H. The summed E-state index contributed by atoms with van der Waals surface area (Å²) in [5.74, 6) is 1.14. The maximum atomic E-state index is 13.4. The predicted octanol–water partition coefficient (Wildman–Crippen LogP) is 9.57. The van der Waals surface area contributed by atoms with Gasteiger partial charge in [0, 0.05) is 17.2 Å². The Balaban J connectivity index is 0.00000583. The number of rotatable bonds is 14. The Hall–Kier alpha value is -3.48. The Labute approximate surface area is 301 Å². The van der Waals surface area contributed by atoms with E-state index in [1.165, 1.54) is 0 Å².